The van der Waals surface area contributed by atoms with E-state index in [0.717, 1.165) is 61.0 Å². The molecule has 0 saturated heterocycles. The van der Waals surface area contributed by atoms with Gasteiger partial charge in [0.05, 0.1) is 5.52 Å². The van der Waals surface area contributed by atoms with Gasteiger partial charge in [0.1, 0.15) is 5.75 Å². The van der Waals surface area contributed by atoms with Crippen LogP contribution in [0.25, 0.3) is 43.7 Å². The molecule has 6 aromatic rings. The molecule has 0 atom stereocenters. The zero-order valence-electron chi connectivity index (χ0n) is 17.8. The number of phenols is 1. The molecule has 0 bridgehead atoms. The number of nitrogens with zero attached hydrogens (tertiary/aromatic N) is 1. The number of aromatic nitrogens is 2. The van der Waals surface area contributed by atoms with E-state index in [1.165, 1.54) is 4.90 Å². The summed E-state index contributed by atoms with van der Waals surface area (Å²) >= 11 is 8.46. The minimum atomic E-state index is 0.277. The second-order valence-electron chi connectivity index (χ2n) is 8.10. The molecule has 162 valence electrons. The van der Waals surface area contributed by atoms with Gasteiger partial charge in [-0.1, -0.05) is 48.0 Å². The monoisotopic (exact) mass is 468 g/mol. The Morgan fingerprint density at radius 3 is 2.42 bits per heavy atom. The lowest BCUT2D eigenvalue weighted by Gasteiger charge is -2.11. The first-order valence-electron chi connectivity index (χ1n) is 10.9. The predicted octanol–water partition coefficient (Wildman–Crippen LogP) is 8.09. The molecule has 5 heteroatoms. The zero-order valence-corrected chi connectivity index (χ0v) is 19.3. The summed E-state index contributed by atoms with van der Waals surface area (Å²) in [5, 5.41) is 15.5. The summed E-state index contributed by atoms with van der Waals surface area (Å²) in [5.74, 6) is 1.22. The molecular weight excluding hydrogens is 448 g/mol. The van der Waals surface area contributed by atoms with Crippen LogP contribution in [-0.2, 0) is 6.54 Å². The van der Waals surface area contributed by atoms with Crippen LogP contribution in [0.4, 0.5) is 0 Å². The maximum absolute atomic E-state index is 10.3. The third kappa shape index (κ3) is 3.47. The fourth-order valence-electron chi connectivity index (χ4n) is 4.72. The molecule has 2 aromatic heterocycles. The largest absolute Gasteiger partial charge is 0.508 e. The van der Waals surface area contributed by atoms with Crippen LogP contribution < -0.4 is 0 Å². The van der Waals surface area contributed by atoms with Crippen LogP contribution in [0.1, 0.15) is 0 Å². The Labute approximate surface area is 200 Å². The molecule has 2 heterocycles. The van der Waals surface area contributed by atoms with Crippen LogP contribution in [0.5, 0.6) is 5.75 Å². The highest BCUT2D eigenvalue weighted by Gasteiger charge is 2.18. The minimum Gasteiger partial charge on any atom is -0.508 e. The van der Waals surface area contributed by atoms with Crippen molar-refractivity contribution in [3.05, 3.63) is 96.3 Å². The molecule has 0 amide bonds. The lowest BCUT2D eigenvalue weighted by atomic mass is 9.97. The van der Waals surface area contributed by atoms with E-state index in [1.807, 2.05) is 60.6 Å². The Kier molecular flexibility index (Phi) is 5.05. The number of benzene rings is 4. The van der Waals surface area contributed by atoms with Crippen molar-refractivity contribution in [2.75, 3.05) is 5.75 Å². The summed E-state index contributed by atoms with van der Waals surface area (Å²) in [6.07, 6.45) is 4.08. The first-order valence-corrected chi connectivity index (χ1v) is 12.2. The van der Waals surface area contributed by atoms with Gasteiger partial charge in [-0.05, 0) is 48.0 Å². The molecule has 6 rings (SSSR count). The molecule has 4 aromatic carbocycles. The molecule has 33 heavy (non-hydrogen) atoms. The van der Waals surface area contributed by atoms with Gasteiger partial charge in [-0.2, -0.15) is 0 Å². The topological polar surface area (TPSA) is 40.9 Å². The highest BCUT2D eigenvalue weighted by Crippen LogP contribution is 2.42. The Bertz CT molecular complexity index is 1620. The van der Waals surface area contributed by atoms with Gasteiger partial charge in [-0.15, -0.1) is 11.8 Å². The van der Waals surface area contributed by atoms with Crippen molar-refractivity contribution in [2.24, 2.45) is 0 Å². The summed E-state index contributed by atoms with van der Waals surface area (Å²) in [7, 11) is 0. The lowest BCUT2D eigenvalue weighted by molar-refractivity contribution is 0.476. The molecule has 0 fully saturated rings. The minimum absolute atomic E-state index is 0.277. The van der Waals surface area contributed by atoms with Gasteiger partial charge in [0, 0.05) is 67.2 Å². The predicted molar refractivity (Wildman–Crippen MR) is 141 cm³/mol. The van der Waals surface area contributed by atoms with Crippen molar-refractivity contribution in [1.29, 1.82) is 0 Å². The number of nitrogens with one attached hydrogen (secondary N) is 1. The average molecular weight is 469 g/mol. The SMILES string of the molecule is Oc1ccc2c(c1)c1c3c[nH]cc3c(-c3ccccc3Cl)cc1n2CCSc1ccccc1. The number of aromatic amines is 1. The fraction of sp³-hybridized carbons (Fsp3) is 0.0714. The first kappa shape index (κ1) is 20.3. The number of halogens is 1. The Balaban J connectivity index is 1.58. The summed E-state index contributed by atoms with van der Waals surface area (Å²) in [5.41, 5.74) is 4.39. The van der Waals surface area contributed by atoms with Crippen LogP contribution in [0.15, 0.2) is 96.2 Å². The summed E-state index contributed by atoms with van der Waals surface area (Å²) in [6.45, 7) is 0.849. The maximum atomic E-state index is 10.3. The smallest absolute Gasteiger partial charge is 0.116 e. The number of aryl methyl sites for hydroxylation is 1. The van der Waals surface area contributed by atoms with Gasteiger partial charge < -0.3 is 14.7 Å². The van der Waals surface area contributed by atoms with Crippen molar-refractivity contribution in [3.63, 3.8) is 0 Å². The lowest BCUT2D eigenvalue weighted by Crippen LogP contribution is -2.00. The highest BCUT2D eigenvalue weighted by molar-refractivity contribution is 7.99. The molecule has 0 unspecified atom stereocenters. The molecule has 0 aliphatic heterocycles. The standard InChI is InChI=1S/C28H21ClN2OS/c29-25-9-5-4-8-20(25)21-15-27-28(24-17-30-16-23(21)24)22-14-18(32)10-11-26(22)31(27)12-13-33-19-6-2-1-3-7-19/h1-11,14-17,30,32H,12-13H2. The fourth-order valence-corrected chi connectivity index (χ4v) is 5.82. The molecule has 0 spiro atoms. The van der Waals surface area contributed by atoms with Gasteiger partial charge in [-0.3, -0.25) is 0 Å². The van der Waals surface area contributed by atoms with E-state index in [2.05, 4.69) is 45.9 Å². The van der Waals surface area contributed by atoms with E-state index in [4.69, 9.17) is 11.6 Å². The highest BCUT2D eigenvalue weighted by atomic mass is 35.5. The van der Waals surface area contributed by atoms with Gasteiger partial charge in [0.15, 0.2) is 0 Å². The van der Waals surface area contributed by atoms with E-state index in [1.54, 1.807) is 6.07 Å². The number of hydrogen-bond acceptors (Lipinski definition) is 2. The maximum Gasteiger partial charge on any atom is 0.116 e. The van der Waals surface area contributed by atoms with Gasteiger partial charge in [-0.25, -0.2) is 0 Å². The number of phenolic OH excluding ortho intramolecular Hbond substituents is 1. The average Bonchev–Trinajstić information content (AvgIpc) is 3.43. The van der Waals surface area contributed by atoms with E-state index in [-0.39, 0.29) is 5.75 Å². The normalized spacial score (nSPS) is 11.7. The molecule has 0 radical (unpaired) electrons. The molecular formula is C28H21ClN2OS. The second kappa shape index (κ2) is 8.22. The van der Waals surface area contributed by atoms with E-state index < -0.39 is 0 Å². The number of aromatic hydroxyl groups is 1. The van der Waals surface area contributed by atoms with Gasteiger partial charge >= 0.3 is 0 Å². The van der Waals surface area contributed by atoms with Crippen LogP contribution in [0, 0.1) is 0 Å². The Morgan fingerprint density at radius 2 is 1.58 bits per heavy atom. The number of H-pyrrole nitrogens is 1. The van der Waals surface area contributed by atoms with Gasteiger partial charge in [0.2, 0.25) is 0 Å². The molecule has 0 aliphatic carbocycles. The van der Waals surface area contributed by atoms with E-state index in [9.17, 15) is 5.11 Å². The van der Waals surface area contributed by atoms with Crippen molar-refractivity contribution in [2.45, 2.75) is 11.4 Å². The molecule has 0 saturated carbocycles. The Hall–Kier alpha value is -3.34. The van der Waals surface area contributed by atoms with E-state index in [0.29, 0.717) is 0 Å². The number of thioether (sulfide) groups is 1. The van der Waals surface area contributed by atoms with Crippen molar-refractivity contribution >= 4 is 55.9 Å². The van der Waals surface area contributed by atoms with Crippen LogP contribution >= 0.6 is 23.4 Å². The third-order valence-electron chi connectivity index (χ3n) is 6.16. The molecule has 3 nitrogen and oxygen atoms in total. The number of rotatable bonds is 5. The van der Waals surface area contributed by atoms with Gasteiger partial charge in [0.25, 0.3) is 0 Å². The quantitative estimate of drug-likeness (QED) is 0.251. The van der Waals surface area contributed by atoms with Crippen molar-refractivity contribution in [3.8, 4) is 16.9 Å². The summed E-state index contributed by atoms with van der Waals surface area (Å²) in [4.78, 5) is 4.56. The van der Waals surface area contributed by atoms with Crippen LogP contribution in [0.2, 0.25) is 5.02 Å². The van der Waals surface area contributed by atoms with Crippen LogP contribution in [0.3, 0.4) is 0 Å². The number of hydrogen-bond donors (Lipinski definition) is 2. The first-order chi connectivity index (χ1) is 16.2. The van der Waals surface area contributed by atoms with Crippen molar-refractivity contribution in [1.82, 2.24) is 9.55 Å². The molecule has 0 aliphatic rings. The third-order valence-corrected chi connectivity index (χ3v) is 7.49. The Morgan fingerprint density at radius 1 is 0.788 bits per heavy atom. The van der Waals surface area contributed by atoms with Crippen LogP contribution in [-0.4, -0.2) is 20.4 Å². The number of fused-ring (bicyclic) bond motifs is 5. The summed E-state index contributed by atoms with van der Waals surface area (Å²) < 4.78 is 2.37. The van der Waals surface area contributed by atoms with E-state index >= 15 is 0 Å². The summed E-state index contributed by atoms with van der Waals surface area (Å²) in [6, 6.07) is 26.4. The molecule has 2 N–H and O–H groups in total. The second-order valence-corrected chi connectivity index (χ2v) is 9.67. The zero-order chi connectivity index (χ0) is 22.4. The van der Waals surface area contributed by atoms with Crippen molar-refractivity contribution < 1.29 is 5.11 Å².